The lowest BCUT2D eigenvalue weighted by Gasteiger charge is -2.46. The van der Waals surface area contributed by atoms with Gasteiger partial charge in [0.25, 0.3) is 0 Å². The van der Waals surface area contributed by atoms with E-state index < -0.39 is 0 Å². The van der Waals surface area contributed by atoms with Gasteiger partial charge in [-0.15, -0.1) is 0 Å². The van der Waals surface area contributed by atoms with Gasteiger partial charge in [-0.2, -0.15) is 0 Å². The fourth-order valence-electron chi connectivity index (χ4n) is 5.32. The maximum atomic E-state index is 12.2. The highest BCUT2D eigenvalue weighted by Gasteiger charge is 2.35. The molecule has 2 aromatic rings. The van der Waals surface area contributed by atoms with Crippen LogP contribution >= 0.6 is 0 Å². The van der Waals surface area contributed by atoms with Crippen molar-refractivity contribution in [3.8, 4) is 0 Å². The van der Waals surface area contributed by atoms with Gasteiger partial charge in [0.15, 0.2) is 0 Å². The van der Waals surface area contributed by atoms with Gasteiger partial charge in [0.2, 0.25) is 5.91 Å². The predicted molar refractivity (Wildman–Crippen MR) is 127 cm³/mol. The zero-order valence-electron chi connectivity index (χ0n) is 18.6. The molecule has 0 radical (unpaired) electrons. The number of nitrogens with zero attached hydrogens (tertiary/aromatic N) is 1. The quantitative estimate of drug-likeness (QED) is 0.572. The Morgan fingerprint density at radius 3 is 2.48 bits per heavy atom. The molecule has 31 heavy (non-hydrogen) atoms. The number of fused-ring (bicyclic) bond motifs is 2. The molecular formula is C27H37N3O. The number of carbonyl (C=O) groups is 1. The number of nitrogens with one attached hydrogen (secondary N) is 2. The summed E-state index contributed by atoms with van der Waals surface area (Å²) in [5, 5.41) is 6.89. The summed E-state index contributed by atoms with van der Waals surface area (Å²) < 4.78 is 0. The summed E-state index contributed by atoms with van der Waals surface area (Å²) in [6.07, 6.45) is 6.09. The molecule has 0 aliphatic carbocycles. The van der Waals surface area contributed by atoms with E-state index in [0.29, 0.717) is 18.4 Å². The van der Waals surface area contributed by atoms with Crippen LogP contribution in [0.2, 0.25) is 0 Å². The number of rotatable bonds is 10. The Bertz CT molecular complexity index is 795. The first kappa shape index (κ1) is 22.0. The number of hydrogen-bond donors (Lipinski definition) is 2. The summed E-state index contributed by atoms with van der Waals surface area (Å²) in [6, 6.07) is 21.9. The molecule has 0 saturated carbocycles. The van der Waals surface area contributed by atoms with Crippen LogP contribution in [0.25, 0.3) is 0 Å². The van der Waals surface area contributed by atoms with Crippen LogP contribution in [0.15, 0.2) is 60.7 Å². The van der Waals surface area contributed by atoms with Crippen LogP contribution in [0.5, 0.6) is 0 Å². The zero-order chi connectivity index (χ0) is 21.3. The lowest BCUT2D eigenvalue weighted by molar-refractivity contribution is -0.121. The maximum absolute atomic E-state index is 12.2. The fourth-order valence-corrected chi connectivity index (χ4v) is 5.32. The first-order chi connectivity index (χ1) is 15.3. The number of amides is 1. The van der Waals surface area contributed by atoms with E-state index in [1.165, 1.54) is 30.6 Å². The molecule has 1 unspecified atom stereocenters. The van der Waals surface area contributed by atoms with Crippen LogP contribution in [0.3, 0.4) is 0 Å². The molecule has 2 aliphatic rings. The Kier molecular flexibility index (Phi) is 8.14. The molecule has 2 heterocycles. The molecule has 0 aromatic heterocycles. The second kappa shape index (κ2) is 11.4. The standard InChI is InChI=1S/C27H37N3O/c31-27(28-16-8-13-22-9-3-1-4-10-22)15-7-14-26-25-17-24(18-29-26)20-30(21-25)19-23-11-5-2-6-12-23/h1-6,9-12,24-26,29H,7-8,13-21H2,(H,28,31)/t24-,25?,26+/m0/s1. The zero-order valence-corrected chi connectivity index (χ0v) is 18.6. The molecule has 4 nitrogen and oxygen atoms in total. The van der Waals surface area contributed by atoms with E-state index in [2.05, 4.69) is 70.1 Å². The van der Waals surface area contributed by atoms with Crippen molar-refractivity contribution in [3.63, 3.8) is 0 Å². The monoisotopic (exact) mass is 419 g/mol. The van der Waals surface area contributed by atoms with E-state index in [1.54, 1.807) is 0 Å². The van der Waals surface area contributed by atoms with Crippen LogP contribution in [0.1, 0.15) is 43.2 Å². The second-order valence-corrected chi connectivity index (χ2v) is 9.39. The molecule has 4 heteroatoms. The van der Waals surface area contributed by atoms with Gasteiger partial charge in [-0.05, 0) is 61.6 Å². The topological polar surface area (TPSA) is 44.4 Å². The summed E-state index contributed by atoms with van der Waals surface area (Å²) >= 11 is 0. The van der Waals surface area contributed by atoms with Crippen LogP contribution in [-0.2, 0) is 17.8 Å². The number of benzene rings is 2. The van der Waals surface area contributed by atoms with Crippen LogP contribution in [-0.4, -0.2) is 43.0 Å². The summed E-state index contributed by atoms with van der Waals surface area (Å²) in [6.45, 7) is 5.34. The molecule has 2 N–H and O–H groups in total. The third-order valence-corrected chi connectivity index (χ3v) is 6.86. The molecule has 3 atom stereocenters. The highest BCUT2D eigenvalue weighted by molar-refractivity contribution is 5.75. The molecule has 0 spiro atoms. The van der Waals surface area contributed by atoms with Crippen LogP contribution in [0.4, 0.5) is 0 Å². The molecule has 166 valence electrons. The van der Waals surface area contributed by atoms with Gasteiger partial charge in [-0.25, -0.2) is 0 Å². The average Bonchev–Trinajstić information content (AvgIpc) is 2.80. The molecule has 1 amide bonds. The Morgan fingerprint density at radius 2 is 1.71 bits per heavy atom. The SMILES string of the molecule is O=C(CCC[C@H]1NC[C@@H]2CC1CN(Cc1ccccc1)C2)NCCCc1ccccc1. The minimum atomic E-state index is 0.205. The van der Waals surface area contributed by atoms with E-state index >= 15 is 0 Å². The second-order valence-electron chi connectivity index (χ2n) is 9.39. The van der Waals surface area contributed by atoms with Gasteiger partial charge in [-0.1, -0.05) is 60.7 Å². The predicted octanol–water partition coefficient (Wildman–Crippen LogP) is 4.02. The van der Waals surface area contributed by atoms with Gasteiger partial charge < -0.3 is 10.6 Å². The summed E-state index contributed by atoms with van der Waals surface area (Å²) in [7, 11) is 0. The molecule has 2 saturated heterocycles. The van der Waals surface area contributed by atoms with E-state index in [4.69, 9.17) is 0 Å². The van der Waals surface area contributed by atoms with Gasteiger partial charge >= 0.3 is 0 Å². The molecular weight excluding hydrogens is 382 g/mol. The minimum Gasteiger partial charge on any atom is -0.356 e. The average molecular weight is 420 g/mol. The van der Waals surface area contributed by atoms with Crippen molar-refractivity contribution < 1.29 is 4.79 Å². The minimum absolute atomic E-state index is 0.205. The van der Waals surface area contributed by atoms with Crippen molar-refractivity contribution in [3.05, 3.63) is 71.8 Å². The Morgan fingerprint density at radius 1 is 0.968 bits per heavy atom. The fraction of sp³-hybridized carbons (Fsp3) is 0.519. The van der Waals surface area contributed by atoms with Crippen molar-refractivity contribution >= 4 is 5.91 Å². The van der Waals surface area contributed by atoms with E-state index in [-0.39, 0.29) is 5.91 Å². The van der Waals surface area contributed by atoms with Gasteiger partial charge in [0.1, 0.15) is 0 Å². The van der Waals surface area contributed by atoms with Gasteiger partial charge in [0.05, 0.1) is 0 Å². The Balaban J connectivity index is 1.13. The number of aryl methyl sites for hydroxylation is 1. The van der Waals surface area contributed by atoms with Crippen molar-refractivity contribution in [1.82, 2.24) is 15.5 Å². The summed E-state index contributed by atoms with van der Waals surface area (Å²) in [5.41, 5.74) is 2.75. The lowest BCUT2D eigenvalue weighted by Crippen LogP contribution is -2.55. The molecule has 2 bridgehead atoms. The van der Waals surface area contributed by atoms with Gasteiger partial charge in [0, 0.05) is 38.6 Å². The highest BCUT2D eigenvalue weighted by atomic mass is 16.1. The molecule has 2 aliphatic heterocycles. The molecule has 4 rings (SSSR count). The van der Waals surface area contributed by atoms with E-state index in [9.17, 15) is 4.79 Å². The van der Waals surface area contributed by atoms with Crippen LogP contribution < -0.4 is 10.6 Å². The molecule has 2 fully saturated rings. The van der Waals surface area contributed by atoms with Gasteiger partial charge in [-0.3, -0.25) is 9.69 Å². The lowest BCUT2D eigenvalue weighted by atomic mass is 9.79. The number of piperidine rings is 2. The first-order valence-corrected chi connectivity index (χ1v) is 12.1. The first-order valence-electron chi connectivity index (χ1n) is 12.1. The maximum Gasteiger partial charge on any atom is 0.219 e. The summed E-state index contributed by atoms with van der Waals surface area (Å²) in [5.74, 6) is 1.69. The summed E-state index contributed by atoms with van der Waals surface area (Å²) in [4.78, 5) is 14.9. The van der Waals surface area contributed by atoms with E-state index in [1.807, 2.05) is 6.07 Å². The molecule has 2 aromatic carbocycles. The van der Waals surface area contributed by atoms with Crippen molar-refractivity contribution in [1.29, 1.82) is 0 Å². The Labute approximate surface area is 187 Å². The number of likely N-dealkylation sites (tertiary alicyclic amines) is 1. The smallest absolute Gasteiger partial charge is 0.219 e. The van der Waals surface area contributed by atoms with E-state index in [0.717, 1.165) is 51.2 Å². The normalized spacial score (nSPS) is 23.4. The van der Waals surface area contributed by atoms with Crippen molar-refractivity contribution in [2.24, 2.45) is 11.8 Å². The van der Waals surface area contributed by atoms with Crippen molar-refractivity contribution in [2.45, 2.75) is 51.1 Å². The van der Waals surface area contributed by atoms with Crippen molar-refractivity contribution in [2.75, 3.05) is 26.2 Å². The third-order valence-electron chi connectivity index (χ3n) is 6.86. The highest BCUT2D eigenvalue weighted by Crippen LogP contribution is 2.31. The Hall–Kier alpha value is -2.17. The number of carbonyl (C=O) groups excluding carboxylic acids is 1. The largest absolute Gasteiger partial charge is 0.356 e. The van der Waals surface area contributed by atoms with Crippen LogP contribution in [0, 0.1) is 11.8 Å². The number of hydrogen-bond acceptors (Lipinski definition) is 3. The third kappa shape index (κ3) is 6.91.